The molecule has 6 heteroatoms. The molecule has 1 aromatic rings. The molecule has 0 amide bonds. The van der Waals surface area contributed by atoms with E-state index in [1.165, 1.54) is 0 Å². The Bertz CT molecular complexity index is 514. The minimum absolute atomic E-state index is 0.0930. The van der Waals surface area contributed by atoms with Gasteiger partial charge in [-0.3, -0.25) is 14.4 Å². The molecule has 0 N–H and O–H groups in total. The molecule has 3 rings (SSSR count). The Hall–Kier alpha value is -1.07. The molecule has 2 aliphatic heterocycles. The van der Waals surface area contributed by atoms with Gasteiger partial charge in [0.1, 0.15) is 11.2 Å². The molecule has 0 radical (unpaired) electrons. The van der Waals surface area contributed by atoms with Crippen LogP contribution in [0, 0.1) is 6.92 Å². The number of nitrogens with zero attached hydrogens (tertiary/aromatic N) is 3. The number of hydrogen-bond acceptors (Lipinski definition) is 4. The van der Waals surface area contributed by atoms with Crippen molar-refractivity contribution in [2.45, 2.75) is 38.3 Å². The maximum absolute atomic E-state index is 11.8. The van der Waals surface area contributed by atoms with Crippen molar-refractivity contribution in [1.29, 1.82) is 0 Å². The van der Waals surface area contributed by atoms with Crippen molar-refractivity contribution in [3.8, 4) is 0 Å². The van der Waals surface area contributed by atoms with Crippen LogP contribution in [0.4, 0.5) is 0 Å². The van der Waals surface area contributed by atoms with Crippen LogP contribution in [-0.4, -0.2) is 39.8 Å². The third kappa shape index (κ3) is 2.05. The summed E-state index contributed by atoms with van der Waals surface area (Å²) in [4.78, 5) is 14.0. The van der Waals surface area contributed by atoms with E-state index in [9.17, 15) is 4.79 Å². The van der Waals surface area contributed by atoms with Crippen LogP contribution in [-0.2, 0) is 16.6 Å². The molecule has 0 aliphatic carbocycles. The highest BCUT2D eigenvalue weighted by molar-refractivity contribution is 6.30. The van der Waals surface area contributed by atoms with E-state index >= 15 is 0 Å². The van der Waals surface area contributed by atoms with E-state index in [2.05, 4.69) is 10.00 Å². The molecule has 2 unspecified atom stereocenters. The van der Waals surface area contributed by atoms with Crippen LogP contribution < -0.4 is 0 Å². The zero-order chi connectivity index (χ0) is 13.6. The molecule has 2 atom stereocenters. The number of hydrogen-bond donors (Lipinski definition) is 0. The molecule has 3 heterocycles. The summed E-state index contributed by atoms with van der Waals surface area (Å²) in [6, 6.07) is 0.0834. The number of aryl methyl sites for hydroxylation is 2. The average molecular weight is 284 g/mol. The van der Waals surface area contributed by atoms with Gasteiger partial charge in [0.15, 0.2) is 0 Å². The van der Waals surface area contributed by atoms with Crippen LogP contribution in [0.3, 0.4) is 0 Å². The van der Waals surface area contributed by atoms with Crippen LogP contribution in [0.25, 0.3) is 0 Å². The number of carbonyl (C=O) groups is 1. The number of ether oxygens (including phenoxy) is 1. The average Bonchev–Trinajstić information content (AvgIpc) is 3.02. The second kappa shape index (κ2) is 4.80. The van der Waals surface area contributed by atoms with E-state index in [4.69, 9.17) is 16.3 Å². The van der Waals surface area contributed by atoms with Crippen LogP contribution in [0.2, 0.25) is 5.15 Å². The van der Waals surface area contributed by atoms with Gasteiger partial charge >= 0.3 is 5.97 Å². The lowest BCUT2D eigenvalue weighted by atomic mass is 10.0. The number of cyclic esters (lactones) is 1. The summed E-state index contributed by atoms with van der Waals surface area (Å²) in [5, 5.41) is 5.06. The Morgan fingerprint density at radius 2 is 2.16 bits per heavy atom. The molecule has 19 heavy (non-hydrogen) atoms. The SMILES string of the molecule is Cc1nn(C)c(Cl)c1C1CCCN1C1CCOC1=O. The Labute approximate surface area is 117 Å². The normalized spacial score (nSPS) is 28.1. The van der Waals surface area contributed by atoms with Gasteiger partial charge in [0.2, 0.25) is 0 Å². The lowest BCUT2D eigenvalue weighted by Crippen LogP contribution is -2.38. The van der Waals surface area contributed by atoms with Crippen molar-refractivity contribution in [3.05, 3.63) is 16.4 Å². The molecule has 2 fully saturated rings. The fraction of sp³-hybridized carbons (Fsp3) is 0.692. The highest BCUT2D eigenvalue weighted by Gasteiger charge is 2.41. The molecule has 5 nitrogen and oxygen atoms in total. The van der Waals surface area contributed by atoms with Crippen LogP contribution in [0.5, 0.6) is 0 Å². The highest BCUT2D eigenvalue weighted by atomic mass is 35.5. The molecule has 1 aromatic heterocycles. The maximum Gasteiger partial charge on any atom is 0.323 e. The largest absolute Gasteiger partial charge is 0.464 e. The molecule has 0 bridgehead atoms. The molecule has 0 aromatic carbocycles. The Balaban J connectivity index is 1.93. The Morgan fingerprint density at radius 1 is 1.37 bits per heavy atom. The van der Waals surface area contributed by atoms with Gasteiger partial charge in [-0.05, 0) is 26.3 Å². The first-order chi connectivity index (χ1) is 9.09. The van der Waals surface area contributed by atoms with E-state index in [-0.39, 0.29) is 18.1 Å². The van der Waals surface area contributed by atoms with Crippen LogP contribution >= 0.6 is 11.6 Å². The monoisotopic (exact) mass is 283 g/mol. The molecular weight excluding hydrogens is 266 g/mol. The van der Waals surface area contributed by atoms with E-state index in [0.717, 1.165) is 37.1 Å². The van der Waals surface area contributed by atoms with Gasteiger partial charge in [-0.25, -0.2) is 0 Å². The quantitative estimate of drug-likeness (QED) is 0.777. The predicted molar refractivity (Wildman–Crippen MR) is 71.0 cm³/mol. The summed E-state index contributed by atoms with van der Waals surface area (Å²) in [7, 11) is 1.85. The van der Waals surface area contributed by atoms with Gasteiger partial charge < -0.3 is 4.74 Å². The molecule has 0 spiro atoms. The summed E-state index contributed by atoms with van der Waals surface area (Å²) >= 11 is 6.36. The molecule has 2 aliphatic rings. The van der Waals surface area contributed by atoms with Gasteiger partial charge in [-0.1, -0.05) is 11.6 Å². The number of carbonyl (C=O) groups excluding carboxylic acids is 1. The summed E-state index contributed by atoms with van der Waals surface area (Å²) < 4.78 is 6.80. The first kappa shape index (κ1) is 12.9. The van der Waals surface area contributed by atoms with Crippen molar-refractivity contribution in [2.24, 2.45) is 7.05 Å². The summed E-state index contributed by atoms with van der Waals surface area (Å²) in [6.07, 6.45) is 2.89. The smallest absolute Gasteiger partial charge is 0.323 e. The Morgan fingerprint density at radius 3 is 2.74 bits per heavy atom. The molecule has 2 saturated heterocycles. The number of rotatable bonds is 2. The third-order valence-corrected chi connectivity index (χ3v) is 4.58. The van der Waals surface area contributed by atoms with Crippen molar-refractivity contribution >= 4 is 17.6 Å². The highest BCUT2D eigenvalue weighted by Crippen LogP contribution is 2.39. The first-order valence-corrected chi connectivity index (χ1v) is 7.08. The molecule has 0 saturated carbocycles. The van der Waals surface area contributed by atoms with Gasteiger partial charge in [0.05, 0.1) is 12.3 Å². The zero-order valence-corrected chi connectivity index (χ0v) is 12.0. The van der Waals surface area contributed by atoms with Crippen molar-refractivity contribution in [3.63, 3.8) is 0 Å². The minimum Gasteiger partial charge on any atom is -0.464 e. The summed E-state index contributed by atoms with van der Waals surface area (Å²) in [5.74, 6) is -0.0930. The summed E-state index contributed by atoms with van der Waals surface area (Å²) in [6.45, 7) is 3.44. The maximum atomic E-state index is 11.8. The number of aromatic nitrogens is 2. The Kier molecular flexibility index (Phi) is 3.27. The van der Waals surface area contributed by atoms with E-state index in [1.807, 2.05) is 14.0 Å². The number of likely N-dealkylation sites (tertiary alicyclic amines) is 1. The standard InChI is InChI=1S/C13H18ClN3O2/c1-8-11(12(14)16(2)15-8)9-4-3-6-17(9)10-5-7-19-13(10)18/h9-10H,3-7H2,1-2H3. The van der Waals surface area contributed by atoms with Crippen LogP contribution in [0.15, 0.2) is 0 Å². The summed E-state index contributed by atoms with van der Waals surface area (Å²) in [5.41, 5.74) is 2.03. The molecule has 104 valence electrons. The first-order valence-electron chi connectivity index (χ1n) is 6.71. The van der Waals surface area contributed by atoms with Crippen molar-refractivity contribution in [1.82, 2.24) is 14.7 Å². The fourth-order valence-corrected chi connectivity index (χ4v) is 3.58. The van der Waals surface area contributed by atoms with E-state index in [1.54, 1.807) is 4.68 Å². The minimum atomic E-state index is -0.108. The third-order valence-electron chi connectivity index (χ3n) is 4.13. The number of halogens is 1. The van der Waals surface area contributed by atoms with Gasteiger partial charge in [0.25, 0.3) is 0 Å². The fourth-order valence-electron chi connectivity index (χ4n) is 3.28. The lowest BCUT2D eigenvalue weighted by Gasteiger charge is -2.28. The number of esters is 1. The van der Waals surface area contributed by atoms with Crippen molar-refractivity contribution < 1.29 is 9.53 Å². The lowest BCUT2D eigenvalue weighted by molar-refractivity contribution is -0.142. The van der Waals surface area contributed by atoms with Gasteiger partial charge in [-0.2, -0.15) is 5.10 Å². The van der Waals surface area contributed by atoms with Crippen LogP contribution in [0.1, 0.15) is 36.6 Å². The zero-order valence-electron chi connectivity index (χ0n) is 11.2. The van der Waals surface area contributed by atoms with Gasteiger partial charge in [-0.15, -0.1) is 0 Å². The second-order valence-electron chi connectivity index (χ2n) is 5.28. The van der Waals surface area contributed by atoms with E-state index in [0.29, 0.717) is 11.8 Å². The predicted octanol–water partition coefficient (Wildman–Crippen LogP) is 1.83. The van der Waals surface area contributed by atoms with Crippen molar-refractivity contribution in [2.75, 3.05) is 13.2 Å². The topological polar surface area (TPSA) is 47.4 Å². The van der Waals surface area contributed by atoms with E-state index < -0.39 is 0 Å². The molecular formula is C13H18ClN3O2. The van der Waals surface area contributed by atoms with Gasteiger partial charge in [0, 0.05) is 25.1 Å². The second-order valence-corrected chi connectivity index (χ2v) is 5.64.